The first-order valence-corrected chi connectivity index (χ1v) is 8.42. The molecule has 0 fully saturated rings. The van der Waals surface area contributed by atoms with Crippen molar-refractivity contribution in [1.82, 2.24) is 0 Å². The molecular weight excluding hydrogens is 451 g/mol. The molecule has 0 heterocycles. The summed E-state index contributed by atoms with van der Waals surface area (Å²) < 4.78 is 73.5. The number of nitrogens with one attached hydrogen (secondary N) is 1. The highest BCUT2D eigenvalue weighted by atomic mass is 19.2. The van der Waals surface area contributed by atoms with Gasteiger partial charge in [-0.2, -0.15) is 5.10 Å². The third kappa shape index (κ3) is 4.93. The summed E-state index contributed by atoms with van der Waals surface area (Å²) in [6.45, 7) is 1.19. The number of esters is 1. The van der Waals surface area contributed by atoms with Gasteiger partial charge < -0.3 is 4.74 Å². The summed E-state index contributed by atoms with van der Waals surface area (Å²) in [5.41, 5.74) is -2.74. The summed E-state index contributed by atoms with van der Waals surface area (Å²) in [6.07, 6.45) is -1.08. The number of nitrogens with zero attached hydrogens (tertiary/aromatic N) is 3. The van der Waals surface area contributed by atoms with E-state index in [-0.39, 0.29) is 6.61 Å². The molecule has 0 radical (unpaired) electrons. The number of nitro benzene ring substituents is 2. The van der Waals surface area contributed by atoms with Gasteiger partial charge in [0, 0.05) is 6.07 Å². The van der Waals surface area contributed by atoms with E-state index in [0.717, 1.165) is 12.1 Å². The van der Waals surface area contributed by atoms with E-state index >= 15 is 0 Å². The Labute approximate surface area is 174 Å². The summed E-state index contributed by atoms with van der Waals surface area (Å²) in [4.78, 5) is 31.7. The Morgan fingerprint density at radius 1 is 1.00 bits per heavy atom. The molecule has 2 rings (SSSR count). The summed E-state index contributed by atoms with van der Waals surface area (Å²) in [7, 11) is 0. The van der Waals surface area contributed by atoms with E-state index in [1.54, 1.807) is 0 Å². The van der Waals surface area contributed by atoms with Crippen molar-refractivity contribution in [1.29, 1.82) is 0 Å². The fraction of sp³-hybridized carbons (Fsp3) is 0.176. The topological polar surface area (TPSA) is 137 Å². The van der Waals surface area contributed by atoms with Gasteiger partial charge in [-0.05, 0) is 13.0 Å². The first-order chi connectivity index (χ1) is 15.0. The van der Waals surface area contributed by atoms with Crippen molar-refractivity contribution in [2.45, 2.75) is 13.3 Å². The Morgan fingerprint density at radius 3 is 2.06 bits per heavy atom. The number of carbonyl (C=O) groups is 1. The van der Waals surface area contributed by atoms with Gasteiger partial charge in [-0.3, -0.25) is 30.4 Å². The van der Waals surface area contributed by atoms with Gasteiger partial charge in [-0.25, -0.2) is 22.0 Å². The van der Waals surface area contributed by atoms with Crippen LogP contribution in [-0.4, -0.2) is 28.1 Å². The van der Waals surface area contributed by atoms with E-state index in [4.69, 9.17) is 0 Å². The maximum Gasteiger partial charge on any atom is 0.311 e. The molecule has 0 saturated carbocycles. The zero-order valence-electron chi connectivity index (χ0n) is 15.8. The molecule has 170 valence electrons. The molecule has 0 amide bonds. The molecule has 0 aliphatic heterocycles. The monoisotopic (exact) mass is 462 g/mol. The Balaban J connectivity index is 2.63. The van der Waals surface area contributed by atoms with E-state index in [0.29, 0.717) is 6.07 Å². The maximum absolute atomic E-state index is 14.2. The van der Waals surface area contributed by atoms with Gasteiger partial charge >= 0.3 is 11.7 Å². The summed E-state index contributed by atoms with van der Waals surface area (Å²) in [6, 6.07) is 2.19. The van der Waals surface area contributed by atoms with Gasteiger partial charge in [0.05, 0.1) is 40.2 Å². The van der Waals surface area contributed by atoms with E-state index in [1.807, 2.05) is 5.43 Å². The van der Waals surface area contributed by atoms with Gasteiger partial charge in [0.15, 0.2) is 23.3 Å². The molecule has 32 heavy (non-hydrogen) atoms. The van der Waals surface area contributed by atoms with Gasteiger partial charge in [-0.15, -0.1) is 0 Å². The average molecular weight is 462 g/mol. The lowest BCUT2D eigenvalue weighted by molar-refractivity contribution is -0.393. The van der Waals surface area contributed by atoms with Crippen LogP contribution in [0.5, 0.6) is 0 Å². The number of rotatable bonds is 8. The Hall–Kier alpha value is -4.17. The number of hydrogen-bond donors (Lipinski definition) is 1. The second-order valence-electron chi connectivity index (χ2n) is 5.81. The zero-order valence-corrected chi connectivity index (χ0v) is 15.8. The van der Waals surface area contributed by atoms with Crippen LogP contribution in [0.3, 0.4) is 0 Å². The summed E-state index contributed by atoms with van der Waals surface area (Å²) in [5, 5.41) is 25.3. The van der Waals surface area contributed by atoms with Crippen LogP contribution in [0.4, 0.5) is 39.0 Å². The number of carbonyl (C=O) groups excluding carboxylic acids is 1. The van der Waals surface area contributed by atoms with Gasteiger partial charge in [0.2, 0.25) is 5.82 Å². The average Bonchev–Trinajstić information content (AvgIpc) is 2.74. The normalized spacial score (nSPS) is 11.2. The summed E-state index contributed by atoms with van der Waals surface area (Å²) >= 11 is 0. The van der Waals surface area contributed by atoms with Crippen LogP contribution in [0.25, 0.3) is 0 Å². The van der Waals surface area contributed by atoms with Gasteiger partial charge in [0.25, 0.3) is 5.69 Å². The largest absolute Gasteiger partial charge is 0.466 e. The third-order valence-electron chi connectivity index (χ3n) is 3.82. The molecular formula is C17H11F5N4O6. The van der Waals surface area contributed by atoms with Gasteiger partial charge in [-0.1, -0.05) is 0 Å². The van der Waals surface area contributed by atoms with Crippen LogP contribution in [0, 0.1) is 49.3 Å². The van der Waals surface area contributed by atoms with Crippen molar-refractivity contribution >= 4 is 28.7 Å². The van der Waals surface area contributed by atoms with Crippen molar-refractivity contribution in [3.8, 4) is 0 Å². The van der Waals surface area contributed by atoms with Crippen molar-refractivity contribution in [2.24, 2.45) is 5.10 Å². The fourth-order valence-electron chi connectivity index (χ4n) is 2.40. The van der Waals surface area contributed by atoms with Crippen molar-refractivity contribution in [3.63, 3.8) is 0 Å². The lowest BCUT2D eigenvalue weighted by Gasteiger charge is -2.12. The van der Waals surface area contributed by atoms with E-state index in [9.17, 15) is 47.0 Å². The van der Waals surface area contributed by atoms with Crippen LogP contribution in [-0.2, 0) is 9.53 Å². The molecule has 0 bridgehead atoms. The SMILES string of the molecule is CCOC(=O)CC(=NNc1ccc([N+](=O)[O-])cc1[N+](=O)[O-])c1c(F)c(F)c(F)c(F)c1F. The van der Waals surface area contributed by atoms with Crippen LogP contribution in [0.2, 0.25) is 0 Å². The van der Waals surface area contributed by atoms with E-state index < -0.39 is 79.7 Å². The van der Waals surface area contributed by atoms with Crippen LogP contribution < -0.4 is 5.43 Å². The molecule has 0 spiro atoms. The predicted molar refractivity (Wildman–Crippen MR) is 97.4 cm³/mol. The number of halogens is 5. The standard InChI is InChI=1S/C17H11F5N4O6/c1-2-32-11(27)6-9(12-13(18)15(20)17(22)16(21)14(12)19)24-23-8-4-3-7(25(28)29)5-10(8)26(30)31/h3-5,23H,2,6H2,1H3. The molecule has 1 N–H and O–H groups in total. The molecule has 0 unspecified atom stereocenters. The van der Waals surface area contributed by atoms with Crippen LogP contribution >= 0.6 is 0 Å². The predicted octanol–water partition coefficient (Wildman–Crippen LogP) is 3.97. The van der Waals surface area contributed by atoms with Crippen molar-refractivity contribution < 1.29 is 41.3 Å². The van der Waals surface area contributed by atoms with Crippen LogP contribution in [0.1, 0.15) is 18.9 Å². The molecule has 0 atom stereocenters. The number of nitro groups is 2. The van der Waals surface area contributed by atoms with Crippen LogP contribution in [0.15, 0.2) is 23.3 Å². The second-order valence-corrected chi connectivity index (χ2v) is 5.81. The van der Waals surface area contributed by atoms with Crippen molar-refractivity contribution in [3.05, 3.63) is 73.1 Å². The highest BCUT2D eigenvalue weighted by Crippen LogP contribution is 2.30. The molecule has 0 aromatic heterocycles. The minimum Gasteiger partial charge on any atom is -0.466 e. The molecule has 10 nitrogen and oxygen atoms in total. The molecule has 0 aliphatic rings. The second kappa shape index (κ2) is 9.76. The molecule has 2 aromatic carbocycles. The maximum atomic E-state index is 14.2. The number of hydrogen-bond acceptors (Lipinski definition) is 8. The first-order valence-electron chi connectivity index (χ1n) is 8.42. The van der Waals surface area contributed by atoms with Crippen molar-refractivity contribution in [2.75, 3.05) is 12.0 Å². The minimum atomic E-state index is -2.45. The number of ether oxygens (including phenoxy) is 1. The molecule has 0 saturated heterocycles. The zero-order chi connectivity index (χ0) is 24.2. The number of hydrazone groups is 1. The van der Waals surface area contributed by atoms with E-state index in [2.05, 4.69) is 9.84 Å². The number of non-ortho nitro benzene ring substituents is 1. The Kier molecular flexibility index (Phi) is 7.35. The smallest absolute Gasteiger partial charge is 0.311 e. The third-order valence-corrected chi connectivity index (χ3v) is 3.82. The quantitative estimate of drug-likeness (QED) is 0.119. The van der Waals surface area contributed by atoms with Gasteiger partial charge in [0.1, 0.15) is 5.69 Å². The lowest BCUT2D eigenvalue weighted by Crippen LogP contribution is -2.19. The molecule has 2 aromatic rings. The van der Waals surface area contributed by atoms with E-state index in [1.165, 1.54) is 6.92 Å². The highest BCUT2D eigenvalue weighted by Gasteiger charge is 2.30. The fourth-order valence-corrected chi connectivity index (χ4v) is 2.40. The molecule has 0 aliphatic carbocycles. The lowest BCUT2D eigenvalue weighted by atomic mass is 10.0. The molecule has 15 heteroatoms. The highest BCUT2D eigenvalue weighted by molar-refractivity contribution is 6.10. The minimum absolute atomic E-state index is 0.190. The number of anilines is 1. The number of benzene rings is 2. The Bertz CT molecular complexity index is 1110. The summed E-state index contributed by atoms with van der Waals surface area (Å²) in [5.74, 6) is -12.8. The first kappa shape index (κ1) is 24.1. The Morgan fingerprint density at radius 2 is 1.56 bits per heavy atom.